The summed E-state index contributed by atoms with van der Waals surface area (Å²) in [5.41, 5.74) is 17.5. The molecule has 10 rings (SSSR count). The zero-order chi connectivity index (χ0) is 33.1. The molecular weight excluding hydrogens is 597 g/mol. The molecule has 0 aromatic heterocycles. The first-order valence-corrected chi connectivity index (χ1v) is 17.7. The minimum Gasteiger partial charge on any atom is -0.331 e. The Balaban J connectivity index is 1.25. The number of aryl methyl sites for hydroxylation is 2. The lowest BCUT2D eigenvalue weighted by molar-refractivity contribution is 0.330. The normalized spacial score (nSPS) is 20.9. The molecule has 2 atom stereocenters. The Morgan fingerprint density at radius 1 is 0.510 bits per heavy atom. The van der Waals surface area contributed by atoms with Crippen LogP contribution in [0.5, 0.6) is 0 Å². The molecule has 0 N–H and O–H groups in total. The Morgan fingerprint density at radius 3 is 1.82 bits per heavy atom. The van der Waals surface area contributed by atoms with Crippen molar-refractivity contribution in [1.29, 1.82) is 0 Å². The lowest BCUT2D eigenvalue weighted by Crippen LogP contribution is -2.50. The first-order valence-electron chi connectivity index (χ1n) is 17.7. The van der Waals surface area contributed by atoms with Gasteiger partial charge in [0, 0.05) is 28.2 Å². The van der Waals surface area contributed by atoms with Gasteiger partial charge in [-0.15, -0.1) is 0 Å². The van der Waals surface area contributed by atoms with Crippen LogP contribution in [-0.2, 0) is 5.41 Å². The molecule has 1 fully saturated rings. The van der Waals surface area contributed by atoms with E-state index in [-0.39, 0.29) is 11.0 Å². The highest BCUT2D eigenvalue weighted by molar-refractivity contribution is 6.13. The van der Waals surface area contributed by atoms with Crippen LogP contribution in [0.1, 0.15) is 49.8 Å². The Hall–Kier alpha value is -5.48. The average Bonchev–Trinajstić information content (AvgIpc) is 3.53. The molecule has 1 aliphatic carbocycles. The highest BCUT2D eigenvalue weighted by atomic mass is 15.4. The van der Waals surface area contributed by atoms with E-state index in [4.69, 9.17) is 0 Å². The van der Waals surface area contributed by atoms with Crippen LogP contribution >= 0.6 is 0 Å². The summed E-state index contributed by atoms with van der Waals surface area (Å²) in [6.45, 7) is 9.33. The zero-order valence-electron chi connectivity index (χ0n) is 28.6. The van der Waals surface area contributed by atoms with Gasteiger partial charge in [-0.25, -0.2) is 0 Å². The minimum absolute atomic E-state index is 0.0247. The number of para-hydroxylation sites is 3. The lowest BCUT2D eigenvalue weighted by atomic mass is 9.72. The fraction of sp³-hybridized carbons (Fsp3) is 0.200. The molecule has 4 heteroatoms. The van der Waals surface area contributed by atoms with Crippen molar-refractivity contribution >= 4 is 62.6 Å². The smallest absolute Gasteiger partial charge is 0.0944 e. The molecule has 2 unspecified atom stereocenters. The zero-order valence-corrected chi connectivity index (χ0v) is 28.6. The average molecular weight is 637 g/mol. The molecule has 0 saturated heterocycles. The van der Waals surface area contributed by atoms with Crippen LogP contribution in [0.4, 0.5) is 62.6 Å². The summed E-state index contributed by atoms with van der Waals surface area (Å²) in [6, 6.07) is 49.7. The van der Waals surface area contributed by atoms with E-state index < -0.39 is 0 Å². The number of hydrogen-bond acceptors (Lipinski definition) is 4. The molecule has 0 bridgehead atoms. The van der Waals surface area contributed by atoms with Gasteiger partial charge in [-0.3, -0.25) is 0 Å². The fourth-order valence-corrected chi connectivity index (χ4v) is 9.46. The molecule has 6 aromatic carbocycles. The quantitative estimate of drug-likeness (QED) is 0.191. The molecule has 3 aliphatic heterocycles. The van der Waals surface area contributed by atoms with Gasteiger partial charge in [-0.1, -0.05) is 85.1 Å². The van der Waals surface area contributed by atoms with Gasteiger partial charge in [0.15, 0.2) is 0 Å². The summed E-state index contributed by atoms with van der Waals surface area (Å²) in [6.07, 6.45) is 3.67. The summed E-state index contributed by atoms with van der Waals surface area (Å²) in [7, 11) is 0. The molecule has 4 nitrogen and oxygen atoms in total. The van der Waals surface area contributed by atoms with E-state index in [1.54, 1.807) is 0 Å². The van der Waals surface area contributed by atoms with E-state index in [1.165, 1.54) is 75.8 Å². The number of fused-ring (bicyclic) bond motifs is 7. The second-order valence-electron chi connectivity index (χ2n) is 14.8. The number of benzene rings is 6. The number of anilines is 11. The van der Waals surface area contributed by atoms with E-state index >= 15 is 0 Å². The molecular formula is C45H40N4. The first-order chi connectivity index (χ1) is 23.9. The number of nitrogens with zero attached hydrogens (tertiary/aromatic N) is 4. The van der Waals surface area contributed by atoms with Crippen molar-refractivity contribution in [2.75, 3.05) is 19.6 Å². The molecule has 6 aromatic rings. The molecule has 3 heterocycles. The SMILES string of the molecule is Cc1ccc(N(c2ccc(C)cc2)c2ccc3c(c2)N(c2ccccc2)c2cccc4c2N3c2cccc3c2N4C2(C)CCCC32C)cc1. The van der Waals surface area contributed by atoms with Gasteiger partial charge >= 0.3 is 0 Å². The topological polar surface area (TPSA) is 13.0 Å². The lowest BCUT2D eigenvalue weighted by Gasteiger charge is -2.50. The number of hydrogen-bond donors (Lipinski definition) is 0. The third kappa shape index (κ3) is 3.75. The van der Waals surface area contributed by atoms with E-state index in [0.29, 0.717) is 0 Å². The molecule has 0 amide bonds. The number of rotatable bonds is 4. The van der Waals surface area contributed by atoms with Crippen LogP contribution in [0, 0.1) is 13.8 Å². The van der Waals surface area contributed by atoms with Crippen LogP contribution in [-0.4, -0.2) is 5.54 Å². The fourth-order valence-electron chi connectivity index (χ4n) is 9.46. The van der Waals surface area contributed by atoms with E-state index in [0.717, 1.165) is 22.7 Å². The monoisotopic (exact) mass is 636 g/mol. The predicted molar refractivity (Wildman–Crippen MR) is 205 cm³/mol. The van der Waals surface area contributed by atoms with E-state index in [9.17, 15) is 0 Å². The molecule has 0 radical (unpaired) electrons. The molecule has 49 heavy (non-hydrogen) atoms. The van der Waals surface area contributed by atoms with Crippen molar-refractivity contribution in [2.24, 2.45) is 0 Å². The molecule has 1 saturated carbocycles. The van der Waals surface area contributed by atoms with Crippen molar-refractivity contribution < 1.29 is 0 Å². The van der Waals surface area contributed by atoms with Crippen LogP contribution in [0.15, 0.2) is 133 Å². The van der Waals surface area contributed by atoms with Crippen molar-refractivity contribution in [3.05, 3.63) is 150 Å². The van der Waals surface area contributed by atoms with Gasteiger partial charge in [0.05, 0.1) is 45.4 Å². The summed E-state index contributed by atoms with van der Waals surface area (Å²) >= 11 is 0. The van der Waals surface area contributed by atoms with Gasteiger partial charge in [-0.05, 0) is 112 Å². The molecule has 240 valence electrons. The van der Waals surface area contributed by atoms with Crippen LogP contribution < -0.4 is 19.6 Å². The van der Waals surface area contributed by atoms with Gasteiger partial charge in [0.25, 0.3) is 0 Å². The van der Waals surface area contributed by atoms with Gasteiger partial charge in [0.1, 0.15) is 0 Å². The van der Waals surface area contributed by atoms with E-state index in [1.807, 2.05) is 0 Å². The standard InChI is InChI=1S/C45H40N4/c1-30-17-21-33(22-18-30)46(34-23-19-31(2)20-24-34)35-25-26-37-41(29-35)47(32-11-6-5-7-12-32)39-15-9-16-40-43(39)48(37)38-14-8-13-36-42(38)49(40)45(4)28-10-27-44(36,45)3/h5-9,11-26,29H,10,27-28H2,1-4H3. The van der Waals surface area contributed by atoms with Crippen molar-refractivity contribution in [3.8, 4) is 0 Å². The Labute approximate surface area is 289 Å². The maximum Gasteiger partial charge on any atom is 0.0944 e. The van der Waals surface area contributed by atoms with Crippen LogP contribution in [0.25, 0.3) is 0 Å². The van der Waals surface area contributed by atoms with Crippen molar-refractivity contribution in [2.45, 2.75) is 57.9 Å². The summed E-state index contributed by atoms with van der Waals surface area (Å²) < 4.78 is 0. The Kier molecular flexibility index (Phi) is 5.83. The summed E-state index contributed by atoms with van der Waals surface area (Å²) in [5.74, 6) is 0. The van der Waals surface area contributed by atoms with Crippen molar-refractivity contribution in [1.82, 2.24) is 0 Å². The molecule has 4 aliphatic rings. The van der Waals surface area contributed by atoms with Crippen molar-refractivity contribution in [3.63, 3.8) is 0 Å². The Morgan fingerprint density at radius 2 is 1.12 bits per heavy atom. The maximum atomic E-state index is 2.74. The van der Waals surface area contributed by atoms with Gasteiger partial charge < -0.3 is 19.6 Å². The predicted octanol–water partition coefficient (Wildman–Crippen LogP) is 12.7. The highest BCUT2D eigenvalue weighted by Gasteiger charge is 2.62. The Bertz CT molecular complexity index is 2230. The van der Waals surface area contributed by atoms with E-state index in [2.05, 4.69) is 181 Å². The summed E-state index contributed by atoms with van der Waals surface area (Å²) in [4.78, 5) is 10.2. The van der Waals surface area contributed by atoms with Gasteiger partial charge in [0.2, 0.25) is 0 Å². The maximum absolute atomic E-state index is 2.74. The molecule has 0 spiro atoms. The first kappa shape index (κ1) is 28.5. The largest absolute Gasteiger partial charge is 0.331 e. The third-order valence-corrected chi connectivity index (χ3v) is 12.1. The minimum atomic E-state index is 0.0247. The van der Waals surface area contributed by atoms with Gasteiger partial charge in [-0.2, -0.15) is 0 Å². The second kappa shape index (κ2) is 10.0. The van der Waals surface area contributed by atoms with Crippen LogP contribution in [0.2, 0.25) is 0 Å². The van der Waals surface area contributed by atoms with Crippen LogP contribution in [0.3, 0.4) is 0 Å². The highest BCUT2D eigenvalue weighted by Crippen LogP contribution is 2.71. The summed E-state index contributed by atoms with van der Waals surface area (Å²) in [5, 5.41) is 0. The second-order valence-corrected chi connectivity index (χ2v) is 14.8. The third-order valence-electron chi connectivity index (χ3n) is 12.1.